The van der Waals surface area contributed by atoms with Gasteiger partial charge in [0.1, 0.15) is 24.1 Å². The smallest absolute Gasteiger partial charge is 0.408 e. The summed E-state index contributed by atoms with van der Waals surface area (Å²) in [5.74, 6) is -1.85. The first-order chi connectivity index (χ1) is 13.5. The molecule has 2 unspecified atom stereocenters. The molecule has 0 spiro atoms. The molecule has 0 aromatic carbocycles. The number of thioether (sulfide) groups is 1. The monoisotopic (exact) mass is 442 g/mol. The van der Waals surface area contributed by atoms with E-state index in [9.17, 15) is 27.6 Å². The lowest BCUT2D eigenvalue weighted by molar-refractivity contribution is -0.204. The molecule has 0 aromatic heterocycles. The quantitative estimate of drug-likeness (QED) is 0.478. The number of nitrogens with one attached hydrogen (secondary N) is 1. The molecule has 2 fully saturated rings. The molecule has 0 amide bonds. The number of alkyl halides is 3. The van der Waals surface area contributed by atoms with Gasteiger partial charge < -0.3 is 24.3 Å². The number of carbonyl (C=O) groups excluding carboxylic acids is 3. The largest absolute Gasteiger partial charge is 0.466 e. The van der Waals surface area contributed by atoms with Crippen LogP contribution in [0.3, 0.4) is 0 Å². The van der Waals surface area contributed by atoms with Crippen LogP contribution in [0.25, 0.3) is 0 Å². The summed E-state index contributed by atoms with van der Waals surface area (Å²) in [7, 11) is 0. The number of halogens is 3. The van der Waals surface area contributed by atoms with Crippen LogP contribution >= 0.6 is 11.8 Å². The molecule has 29 heavy (non-hydrogen) atoms. The summed E-state index contributed by atoms with van der Waals surface area (Å²) in [6, 6.07) is -0.787. The van der Waals surface area contributed by atoms with Gasteiger partial charge in [0, 0.05) is 27.2 Å². The summed E-state index contributed by atoms with van der Waals surface area (Å²) >= 11 is 0.908. The molecular formula is C16H21F3N2O7S. The summed E-state index contributed by atoms with van der Waals surface area (Å²) < 4.78 is 58.7. The molecule has 0 aliphatic carbocycles. The lowest BCUT2D eigenvalue weighted by Gasteiger charge is -2.42. The molecule has 1 N–H and O–H groups in total. The molecule has 0 aromatic rings. The van der Waals surface area contributed by atoms with E-state index in [4.69, 9.17) is 18.9 Å². The zero-order valence-corrected chi connectivity index (χ0v) is 16.7. The van der Waals surface area contributed by atoms with Crippen molar-refractivity contribution in [1.82, 2.24) is 5.32 Å². The third-order valence-corrected chi connectivity index (χ3v) is 4.98. The maximum absolute atomic E-state index is 12.5. The molecule has 0 radical (unpaired) electrons. The molecule has 164 valence electrons. The second kappa shape index (κ2) is 9.65. The fourth-order valence-electron chi connectivity index (χ4n) is 2.91. The Hall–Kier alpha value is -2.02. The van der Waals surface area contributed by atoms with Gasteiger partial charge in [-0.3, -0.25) is 19.4 Å². The fraction of sp³-hybridized carbons (Fsp3) is 0.750. The minimum atomic E-state index is -4.48. The van der Waals surface area contributed by atoms with Crippen LogP contribution in [-0.2, 0) is 33.3 Å². The summed E-state index contributed by atoms with van der Waals surface area (Å²) in [6.45, 7) is 2.11. The SMILES string of the molecule is CC(=O)OCC[C@H]1OC2SC(=NCC(F)(F)F)NC2[C@@H](OC(C)=O)[C@@H]1OC(C)=O. The first-order valence-corrected chi connectivity index (χ1v) is 9.52. The zero-order chi connectivity index (χ0) is 21.8. The van der Waals surface area contributed by atoms with E-state index >= 15 is 0 Å². The van der Waals surface area contributed by atoms with Crippen molar-refractivity contribution >= 4 is 34.8 Å². The van der Waals surface area contributed by atoms with E-state index < -0.39 is 60.4 Å². The van der Waals surface area contributed by atoms with Gasteiger partial charge in [0.05, 0.1) is 6.61 Å². The van der Waals surface area contributed by atoms with Crippen LogP contribution < -0.4 is 5.32 Å². The summed E-state index contributed by atoms with van der Waals surface area (Å²) in [5, 5.41) is 2.72. The number of carbonyl (C=O) groups is 3. The number of hydrogen-bond acceptors (Lipinski definition) is 9. The summed E-state index contributed by atoms with van der Waals surface area (Å²) in [5.41, 5.74) is -0.750. The van der Waals surface area contributed by atoms with E-state index in [1.54, 1.807) is 0 Å². The Kier molecular flexibility index (Phi) is 7.74. The van der Waals surface area contributed by atoms with E-state index in [1.807, 2.05) is 0 Å². The number of fused-ring (bicyclic) bond motifs is 1. The third-order valence-electron chi connectivity index (χ3n) is 3.88. The maximum atomic E-state index is 12.5. The first-order valence-electron chi connectivity index (χ1n) is 8.64. The first kappa shape index (κ1) is 23.3. The van der Waals surface area contributed by atoms with Gasteiger partial charge in [-0.25, -0.2) is 0 Å². The zero-order valence-electron chi connectivity index (χ0n) is 15.9. The van der Waals surface area contributed by atoms with Crippen molar-refractivity contribution in [1.29, 1.82) is 0 Å². The van der Waals surface area contributed by atoms with Gasteiger partial charge in [0.25, 0.3) is 0 Å². The van der Waals surface area contributed by atoms with Gasteiger partial charge >= 0.3 is 24.1 Å². The maximum Gasteiger partial charge on any atom is 0.408 e. The Morgan fingerprint density at radius 2 is 1.72 bits per heavy atom. The Morgan fingerprint density at radius 1 is 1.10 bits per heavy atom. The third kappa shape index (κ3) is 7.07. The highest BCUT2D eigenvalue weighted by atomic mass is 32.2. The second-order valence-electron chi connectivity index (χ2n) is 6.34. The topological polar surface area (TPSA) is 113 Å². The van der Waals surface area contributed by atoms with Crippen LogP contribution in [0.5, 0.6) is 0 Å². The minimum absolute atomic E-state index is 0.0308. The van der Waals surface area contributed by atoms with Crippen LogP contribution in [-0.4, -0.2) is 72.2 Å². The Bertz CT molecular complexity index is 673. The molecule has 2 rings (SSSR count). The van der Waals surface area contributed by atoms with Crippen molar-refractivity contribution in [2.24, 2.45) is 4.99 Å². The van der Waals surface area contributed by atoms with E-state index in [0.29, 0.717) is 0 Å². The number of nitrogens with zero attached hydrogens (tertiary/aromatic N) is 1. The standard InChI is InChI=1S/C16H21F3N2O7S/c1-7(22)25-5-4-10-12(26-8(2)23)13(27-9(3)24)11-14(28-10)29-15(21-11)20-6-16(17,18)19/h10-14H,4-6H2,1-3H3,(H,20,21)/t10-,11?,12-,13-,14?/m1/s1. The number of hydrogen-bond donors (Lipinski definition) is 1. The van der Waals surface area contributed by atoms with Crippen molar-refractivity contribution < 1.29 is 46.5 Å². The molecule has 5 atom stereocenters. The summed E-state index contributed by atoms with van der Waals surface area (Å²) in [4.78, 5) is 37.6. The number of ether oxygens (including phenoxy) is 4. The predicted molar refractivity (Wildman–Crippen MR) is 93.9 cm³/mol. The number of aliphatic imine (C=N–C) groups is 1. The van der Waals surface area contributed by atoms with Crippen molar-refractivity contribution in [3.8, 4) is 0 Å². The van der Waals surface area contributed by atoms with Crippen molar-refractivity contribution in [2.45, 2.75) is 63.2 Å². The highest BCUT2D eigenvalue weighted by Crippen LogP contribution is 2.37. The molecule has 2 heterocycles. The van der Waals surface area contributed by atoms with E-state index in [0.717, 1.165) is 25.6 Å². The van der Waals surface area contributed by atoms with Gasteiger partial charge in [-0.2, -0.15) is 13.2 Å². The molecule has 9 nitrogen and oxygen atoms in total. The highest BCUT2D eigenvalue weighted by Gasteiger charge is 2.53. The molecule has 0 bridgehead atoms. The molecule has 2 aliphatic rings. The Balaban J connectivity index is 2.23. The van der Waals surface area contributed by atoms with E-state index in [2.05, 4.69) is 10.3 Å². The van der Waals surface area contributed by atoms with Gasteiger partial charge in [-0.05, 0) is 0 Å². The molecule has 2 aliphatic heterocycles. The van der Waals surface area contributed by atoms with Crippen LogP contribution in [0, 0.1) is 0 Å². The normalized spacial score (nSPS) is 30.3. The van der Waals surface area contributed by atoms with Crippen molar-refractivity contribution in [2.75, 3.05) is 13.2 Å². The van der Waals surface area contributed by atoms with E-state index in [1.165, 1.54) is 6.92 Å². The van der Waals surface area contributed by atoms with Crippen molar-refractivity contribution in [3.05, 3.63) is 0 Å². The van der Waals surface area contributed by atoms with Gasteiger partial charge in [0.15, 0.2) is 17.4 Å². The summed E-state index contributed by atoms with van der Waals surface area (Å²) in [6.07, 6.45) is -7.27. The molecule has 0 saturated carbocycles. The Morgan fingerprint density at radius 3 is 2.28 bits per heavy atom. The van der Waals surface area contributed by atoms with Gasteiger partial charge in [-0.15, -0.1) is 0 Å². The average molecular weight is 442 g/mol. The fourth-order valence-corrected chi connectivity index (χ4v) is 4.04. The molecule has 13 heteroatoms. The van der Waals surface area contributed by atoms with Crippen LogP contribution in [0.15, 0.2) is 4.99 Å². The number of rotatable bonds is 6. The van der Waals surface area contributed by atoms with Crippen LogP contribution in [0.1, 0.15) is 27.2 Å². The number of amidine groups is 1. The lowest BCUT2D eigenvalue weighted by atomic mass is 9.95. The Labute approximate surface area is 168 Å². The molecule has 2 saturated heterocycles. The predicted octanol–water partition coefficient (Wildman–Crippen LogP) is 1.15. The minimum Gasteiger partial charge on any atom is -0.466 e. The second-order valence-corrected chi connectivity index (χ2v) is 7.43. The highest BCUT2D eigenvalue weighted by molar-refractivity contribution is 8.14. The average Bonchev–Trinajstić information content (AvgIpc) is 2.97. The molecular weight excluding hydrogens is 421 g/mol. The van der Waals surface area contributed by atoms with Crippen LogP contribution in [0.4, 0.5) is 13.2 Å². The number of esters is 3. The van der Waals surface area contributed by atoms with Gasteiger partial charge in [-0.1, -0.05) is 11.8 Å². The van der Waals surface area contributed by atoms with Gasteiger partial charge in [0.2, 0.25) is 0 Å². The lowest BCUT2D eigenvalue weighted by Crippen LogP contribution is -2.61. The van der Waals surface area contributed by atoms with Crippen LogP contribution in [0.2, 0.25) is 0 Å². The van der Waals surface area contributed by atoms with E-state index in [-0.39, 0.29) is 18.2 Å². The van der Waals surface area contributed by atoms with Crippen molar-refractivity contribution in [3.63, 3.8) is 0 Å².